The highest BCUT2D eigenvalue weighted by Crippen LogP contribution is 2.32. The fourth-order valence-electron chi connectivity index (χ4n) is 4.86. The molecule has 1 aromatic carbocycles. The fraction of sp³-hybridized carbons (Fsp3) is 0.423. The van der Waals surface area contributed by atoms with E-state index in [2.05, 4.69) is 10.6 Å². The van der Waals surface area contributed by atoms with Crippen molar-refractivity contribution in [1.82, 2.24) is 15.5 Å². The molecule has 4 rings (SSSR count). The smallest absolute Gasteiger partial charge is 0.322 e. The number of carbonyl (C=O) groups excluding carboxylic acids is 3. The number of hydrogen-bond donors (Lipinski definition) is 2. The number of hydrogen-bond acceptors (Lipinski definition) is 5. The number of amides is 4. The van der Waals surface area contributed by atoms with Crippen molar-refractivity contribution >= 4 is 17.8 Å². The molecule has 1 saturated carbocycles. The van der Waals surface area contributed by atoms with Crippen LogP contribution in [0.1, 0.15) is 48.5 Å². The first kappa shape index (κ1) is 23.6. The van der Waals surface area contributed by atoms with Crippen LogP contribution in [0.2, 0.25) is 0 Å². The van der Waals surface area contributed by atoms with Crippen molar-refractivity contribution in [2.45, 2.75) is 50.8 Å². The lowest BCUT2D eigenvalue weighted by Gasteiger charge is -2.35. The standard InChI is InChI=1S/C26H31N3O5/c1-3-8-19(9-6-7-14-34-20-10-4-5-11-20)26(24(31)27-25(32)28-26)17-29-16-18-12-13-21(33-2)15-22(18)23(29)30/h3,6-9,12-15,19-20H,4-5,10-11,16-17H2,1-2H3,(H2,27,28,31,32)/b8-3-,9-6?,14-7+/t19?,26-/m0/s1. The van der Waals surface area contributed by atoms with Gasteiger partial charge >= 0.3 is 6.03 Å². The monoisotopic (exact) mass is 465 g/mol. The summed E-state index contributed by atoms with van der Waals surface area (Å²) in [5.74, 6) is -0.545. The van der Waals surface area contributed by atoms with Crippen molar-refractivity contribution in [3.05, 3.63) is 66.0 Å². The van der Waals surface area contributed by atoms with Gasteiger partial charge in [-0.2, -0.15) is 0 Å². The molecule has 8 heteroatoms. The molecule has 1 saturated heterocycles. The molecule has 0 aromatic heterocycles. The van der Waals surface area contributed by atoms with E-state index in [1.807, 2.05) is 37.3 Å². The summed E-state index contributed by atoms with van der Waals surface area (Å²) in [7, 11) is 1.55. The lowest BCUT2D eigenvalue weighted by Crippen LogP contribution is -2.59. The fourth-order valence-corrected chi connectivity index (χ4v) is 4.86. The highest BCUT2D eigenvalue weighted by Gasteiger charge is 2.52. The molecular formula is C26H31N3O5. The van der Waals surface area contributed by atoms with Gasteiger partial charge in [-0.1, -0.05) is 30.4 Å². The molecule has 2 N–H and O–H groups in total. The number of nitrogens with zero attached hydrogens (tertiary/aromatic N) is 1. The Kier molecular flexibility index (Phi) is 7.05. The van der Waals surface area contributed by atoms with Crippen LogP contribution in [-0.2, 0) is 16.1 Å². The van der Waals surface area contributed by atoms with Crippen molar-refractivity contribution < 1.29 is 23.9 Å². The third kappa shape index (κ3) is 4.71. The van der Waals surface area contributed by atoms with Gasteiger partial charge in [-0.3, -0.25) is 14.9 Å². The number of allylic oxidation sites excluding steroid dienone is 3. The van der Waals surface area contributed by atoms with Crippen LogP contribution >= 0.6 is 0 Å². The molecule has 8 nitrogen and oxygen atoms in total. The summed E-state index contributed by atoms with van der Waals surface area (Å²) >= 11 is 0. The molecule has 2 fully saturated rings. The van der Waals surface area contributed by atoms with Gasteiger partial charge in [-0.25, -0.2) is 4.79 Å². The molecular weight excluding hydrogens is 434 g/mol. The minimum Gasteiger partial charge on any atom is -0.498 e. The molecule has 2 aliphatic heterocycles. The van der Waals surface area contributed by atoms with Gasteiger partial charge in [-0.15, -0.1) is 0 Å². The van der Waals surface area contributed by atoms with Gasteiger partial charge < -0.3 is 19.7 Å². The van der Waals surface area contributed by atoms with Crippen LogP contribution in [0.4, 0.5) is 4.79 Å². The average Bonchev–Trinajstić information content (AvgIpc) is 3.52. The predicted molar refractivity (Wildman–Crippen MR) is 127 cm³/mol. The van der Waals surface area contributed by atoms with E-state index in [-0.39, 0.29) is 18.6 Å². The molecule has 34 heavy (non-hydrogen) atoms. The zero-order valence-electron chi connectivity index (χ0n) is 19.6. The minimum absolute atomic E-state index is 0.0298. The number of nitrogens with one attached hydrogen (secondary N) is 2. The Morgan fingerprint density at radius 3 is 2.65 bits per heavy atom. The largest absolute Gasteiger partial charge is 0.498 e. The molecule has 180 valence electrons. The number of fused-ring (bicyclic) bond motifs is 1. The Hall–Kier alpha value is -3.55. The number of benzene rings is 1. The first-order valence-corrected chi connectivity index (χ1v) is 11.7. The highest BCUT2D eigenvalue weighted by atomic mass is 16.5. The zero-order chi connectivity index (χ0) is 24.1. The number of carbonyl (C=O) groups is 3. The minimum atomic E-state index is -1.33. The Labute approximate surface area is 199 Å². The number of methoxy groups -OCH3 is 1. The Bertz CT molecular complexity index is 1040. The Morgan fingerprint density at radius 2 is 1.97 bits per heavy atom. The third-order valence-electron chi connectivity index (χ3n) is 6.66. The van der Waals surface area contributed by atoms with Gasteiger partial charge in [0.25, 0.3) is 11.8 Å². The van der Waals surface area contributed by atoms with Gasteiger partial charge in [0.2, 0.25) is 0 Å². The summed E-state index contributed by atoms with van der Waals surface area (Å²) in [6.07, 6.45) is 15.6. The maximum Gasteiger partial charge on any atom is 0.322 e. The topological polar surface area (TPSA) is 97.0 Å². The SMILES string of the molecule is C/C=C\C(C=C/C=C/OC1CCCC1)[C@]1(CN2Cc3ccc(OC)cc3C2=O)NC(=O)NC1=O. The molecule has 0 bridgehead atoms. The van der Waals surface area contributed by atoms with Gasteiger partial charge in [-0.05, 0) is 56.4 Å². The number of ether oxygens (including phenoxy) is 2. The molecule has 0 radical (unpaired) electrons. The molecule has 1 unspecified atom stereocenters. The molecule has 1 aromatic rings. The highest BCUT2D eigenvalue weighted by molar-refractivity contribution is 6.08. The summed E-state index contributed by atoms with van der Waals surface area (Å²) in [4.78, 5) is 40.1. The van der Waals surface area contributed by atoms with Gasteiger partial charge in [0.15, 0.2) is 0 Å². The van der Waals surface area contributed by atoms with Crippen molar-refractivity contribution in [1.29, 1.82) is 0 Å². The van der Waals surface area contributed by atoms with E-state index < -0.39 is 23.4 Å². The molecule has 2 heterocycles. The lowest BCUT2D eigenvalue weighted by atomic mass is 9.82. The van der Waals surface area contributed by atoms with Crippen LogP contribution in [0, 0.1) is 5.92 Å². The van der Waals surface area contributed by atoms with Crippen molar-refractivity contribution in [2.75, 3.05) is 13.7 Å². The van der Waals surface area contributed by atoms with E-state index in [4.69, 9.17) is 9.47 Å². The van der Waals surface area contributed by atoms with E-state index >= 15 is 0 Å². The van der Waals surface area contributed by atoms with E-state index in [0.717, 1.165) is 18.4 Å². The second-order valence-electron chi connectivity index (χ2n) is 8.87. The van der Waals surface area contributed by atoms with Crippen LogP contribution in [0.25, 0.3) is 0 Å². The quantitative estimate of drug-likeness (QED) is 0.252. The van der Waals surface area contributed by atoms with Crippen LogP contribution in [0.5, 0.6) is 5.75 Å². The Balaban J connectivity index is 1.55. The summed E-state index contributed by atoms with van der Waals surface area (Å²) in [5.41, 5.74) is 0.0716. The van der Waals surface area contributed by atoms with Crippen molar-refractivity contribution in [2.24, 2.45) is 5.92 Å². The summed E-state index contributed by atoms with van der Waals surface area (Å²) in [6.45, 7) is 2.23. The van der Waals surface area contributed by atoms with E-state index in [9.17, 15) is 14.4 Å². The zero-order valence-corrected chi connectivity index (χ0v) is 19.6. The van der Waals surface area contributed by atoms with Gasteiger partial charge in [0.1, 0.15) is 11.3 Å². The van der Waals surface area contributed by atoms with E-state index in [1.54, 1.807) is 36.5 Å². The van der Waals surface area contributed by atoms with E-state index in [0.29, 0.717) is 17.9 Å². The summed E-state index contributed by atoms with van der Waals surface area (Å²) in [6, 6.07) is 4.79. The first-order chi connectivity index (χ1) is 16.5. The van der Waals surface area contributed by atoms with Crippen molar-refractivity contribution in [3.63, 3.8) is 0 Å². The molecule has 0 spiro atoms. The van der Waals surface area contributed by atoms with Gasteiger partial charge in [0.05, 0.1) is 26.0 Å². The molecule has 3 aliphatic rings. The lowest BCUT2D eigenvalue weighted by molar-refractivity contribution is -0.125. The van der Waals surface area contributed by atoms with Crippen LogP contribution in [-0.4, -0.2) is 48.0 Å². The second kappa shape index (κ2) is 10.2. The number of rotatable bonds is 9. The molecule has 1 aliphatic carbocycles. The van der Waals surface area contributed by atoms with Crippen molar-refractivity contribution in [3.8, 4) is 5.75 Å². The van der Waals surface area contributed by atoms with Gasteiger partial charge in [0, 0.05) is 18.0 Å². The van der Waals surface area contributed by atoms with Crippen LogP contribution in [0.3, 0.4) is 0 Å². The first-order valence-electron chi connectivity index (χ1n) is 11.7. The van der Waals surface area contributed by atoms with E-state index in [1.165, 1.54) is 12.8 Å². The molecule has 2 atom stereocenters. The maximum atomic E-state index is 13.2. The summed E-state index contributed by atoms with van der Waals surface area (Å²) < 4.78 is 11.0. The second-order valence-corrected chi connectivity index (χ2v) is 8.87. The molecule has 4 amide bonds. The third-order valence-corrected chi connectivity index (χ3v) is 6.66. The Morgan fingerprint density at radius 1 is 1.18 bits per heavy atom. The van der Waals surface area contributed by atoms with Crippen LogP contribution < -0.4 is 15.4 Å². The average molecular weight is 466 g/mol. The number of urea groups is 1. The maximum absolute atomic E-state index is 13.2. The van der Waals surface area contributed by atoms with Crippen LogP contribution in [0.15, 0.2) is 54.8 Å². The summed E-state index contributed by atoms with van der Waals surface area (Å²) in [5, 5.41) is 5.16. The predicted octanol–water partition coefficient (Wildman–Crippen LogP) is 3.45. The normalized spacial score (nSPS) is 23.8. The number of imide groups is 1.